The van der Waals surface area contributed by atoms with Crippen LogP contribution in [0.1, 0.15) is 11.4 Å². The van der Waals surface area contributed by atoms with Gasteiger partial charge in [0.25, 0.3) is 0 Å². The monoisotopic (exact) mass is 238 g/mol. The van der Waals surface area contributed by atoms with Crippen LogP contribution < -0.4 is 0 Å². The normalized spacial score (nSPS) is 10.7. The Bertz CT molecular complexity index is 732. The summed E-state index contributed by atoms with van der Waals surface area (Å²) in [6, 6.07) is 7.61. The molecule has 0 fully saturated rings. The van der Waals surface area contributed by atoms with E-state index in [-0.39, 0.29) is 0 Å². The zero-order valence-electron chi connectivity index (χ0n) is 9.78. The molecule has 0 bridgehead atoms. The fraction of sp³-hybridized carbons (Fsp3) is 0.167. The number of hydrogen-bond acceptors (Lipinski definition) is 4. The minimum Gasteiger partial charge on any atom is -0.330 e. The number of benzene rings is 1. The Kier molecular flexibility index (Phi) is 2.31. The first-order chi connectivity index (χ1) is 8.78. The first-order valence-electron chi connectivity index (χ1n) is 5.46. The molecule has 0 saturated carbocycles. The molecule has 18 heavy (non-hydrogen) atoms. The molecule has 0 N–H and O–H groups in total. The largest absolute Gasteiger partial charge is 0.330 e. The van der Waals surface area contributed by atoms with E-state index in [1.807, 2.05) is 17.7 Å². The average Bonchev–Trinajstić information content (AvgIpc) is 2.99. The fourth-order valence-electron chi connectivity index (χ4n) is 1.92. The van der Waals surface area contributed by atoms with Gasteiger partial charge < -0.3 is 4.57 Å². The molecule has 0 aliphatic carbocycles. The van der Waals surface area contributed by atoms with Crippen LogP contribution in [0.15, 0.2) is 30.9 Å². The Balaban J connectivity index is 2.08. The molecule has 88 valence electrons. The second-order valence-corrected chi connectivity index (χ2v) is 4.00. The zero-order chi connectivity index (χ0) is 12.5. The molecule has 0 atom stereocenters. The van der Waals surface area contributed by atoms with Crippen LogP contribution in [0.3, 0.4) is 0 Å². The fourth-order valence-corrected chi connectivity index (χ4v) is 1.92. The predicted molar refractivity (Wildman–Crippen MR) is 64.6 cm³/mol. The van der Waals surface area contributed by atoms with E-state index >= 15 is 0 Å². The van der Waals surface area contributed by atoms with Crippen molar-refractivity contribution in [1.82, 2.24) is 24.3 Å². The van der Waals surface area contributed by atoms with Crippen molar-refractivity contribution in [2.75, 3.05) is 0 Å². The predicted octanol–water partition coefficient (Wildman–Crippen LogP) is 1.08. The Morgan fingerprint density at radius 1 is 1.39 bits per heavy atom. The Morgan fingerprint density at radius 2 is 2.28 bits per heavy atom. The lowest BCUT2D eigenvalue weighted by Gasteiger charge is -2.01. The maximum atomic E-state index is 8.87. The Labute approximate surface area is 103 Å². The van der Waals surface area contributed by atoms with E-state index in [4.69, 9.17) is 5.26 Å². The smallest absolute Gasteiger partial charge is 0.137 e. The zero-order valence-corrected chi connectivity index (χ0v) is 9.78. The quantitative estimate of drug-likeness (QED) is 0.669. The van der Waals surface area contributed by atoms with Crippen LogP contribution in [0.5, 0.6) is 0 Å². The van der Waals surface area contributed by atoms with Gasteiger partial charge in [-0.2, -0.15) is 10.4 Å². The first kappa shape index (κ1) is 10.5. The van der Waals surface area contributed by atoms with Gasteiger partial charge in [-0.15, -0.1) is 0 Å². The highest BCUT2D eigenvalue weighted by Gasteiger charge is 2.09. The number of nitrogens with zero attached hydrogens (tertiary/aromatic N) is 6. The third-order valence-electron chi connectivity index (χ3n) is 2.87. The van der Waals surface area contributed by atoms with Crippen molar-refractivity contribution in [3.05, 3.63) is 42.2 Å². The molecule has 3 aromatic rings. The molecule has 0 saturated heterocycles. The third kappa shape index (κ3) is 1.62. The van der Waals surface area contributed by atoms with Gasteiger partial charge in [-0.25, -0.2) is 14.6 Å². The van der Waals surface area contributed by atoms with E-state index in [0.29, 0.717) is 12.1 Å². The minimum atomic E-state index is 0.563. The molecule has 0 aliphatic heterocycles. The summed E-state index contributed by atoms with van der Waals surface area (Å²) in [7, 11) is 1.95. The van der Waals surface area contributed by atoms with Crippen molar-refractivity contribution >= 4 is 11.0 Å². The summed E-state index contributed by atoms with van der Waals surface area (Å²) >= 11 is 0. The molecular weight excluding hydrogens is 228 g/mol. The standard InChI is InChI=1S/C12H10N6/c1-17-11-3-2-9(5-13)4-10(11)16-12(17)6-18-8-14-7-15-18/h2-4,7-8H,6H2,1H3. The number of aromatic nitrogens is 5. The van der Waals surface area contributed by atoms with Gasteiger partial charge in [0.15, 0.2) is 0 Å². The molecule has 0 aliphatic rings. The third-order valence-corrected chi connectivity index (χ3v) is 2.87. The van der Waals surface area contributed by atoms with Gasteiger partial charge >= 0.3 is 0 Å². The van der Waals surface area contributed by atoms with Crippen molar-refractivity contribution < 1.29 is 0 Å². The number of fused-ring (bicyclic) bond motifs is 1. The number of rotatable bonds is 2. The minimum absolute atomic E-state index is 0.563. The lowest BCUT2D eigenvalue weighted by molar-refractivity contribution is 0.635. The van der Waals surface area contributed by atoms with Crippen LogP contribution >= 0.6 is 0 Å². The van der Waals surface area contributed by atoms with Gasteiger partial charge in [-0.05, 0) is 18.2 Å². The van der Waals surface area contributed by atoms with Crippen LogP contribution in [0.4, 0.5) is 0 Å². The van der Waals surface area contributed by atoms with E-state index in [9.17, 15) is 0 Å². The van der Waals surface area contributed by atoms with Crippen LogP contribution in [-0.2, 0) is 13.6 Å². The molecule has 3 rings (SSSR count). The first-order valence-corrected chi connectivity index (χ1v) is 5.46. The van der Waals surface area contributed by atoms with Crippen molar-refractivity contribution in [2.45, 2.75) is 6.54 Å². The molecule has 0 spiro atoms. The van der Waals surface area contributed by atoms with Gasteiger partial charge in [-0.3, -0.25) is 0 Å². The molecule has 0 radical (unpaired) electrons. The Morgan fingerprint density at radius 3 is 3.00 bits per heavy atom. The van der Waals surface area contributed by atoms with Gasteiger partial charge in [0.05, 0.1) is 22.7 Å². The van der Waals surface area contributed by atoms with Crippen LogP contribution in [0.25, 0.3) is 11.0 Å². The summed E-state index contributed by atoms with van der Waals surface area (Å²) in [5.41, 5.74) is 2.45. The van der Waals surface area contributed by atoms with E-state index < -0.39 is 0 Å². The van der Waals surface area contributed by atoms with Gasteiger partial charge in [0.2, 0.25) is 0 Å². The van der Waals surface area contributed by atoms with Gasteiger partial charge in [0.1, 0.15) is 25.0 Å². The van der Waals surface area contributed by atoms with Crippen molar-refractivity contribution in [2.24, 2.45) is 7.05 Å². The lowest BCUT2D eigenvalue weighted by atomic mass is 10.2. The van der Waals surface area contributed by atoms with E-state index in [2.05, 4.69) is 21.1 Å². The van der Waals surface area contributed by atoms with E-state index in [1.54, 1.807) is 23.1 Å². The number of nitriles is 1. The lowest BCUT2D eigenvalue weighted by Crippen LogP contribution is -2.06. The Hall–Kier alpha value is -2.68. The summed E-state index contributed by atoms with van der Waals surface area (Å²) in [5.74, 6) is 0.880. The van der Waals surface area contributed by atoms with E-state index in [1.165, 1.54) is 6.33 Å². The number of imidazole rings is 1. The van der Waals surface area contributed by atoms with Crippen LogP contribution in [-0.4, -0.2) is 24.3 Å². The highest BCUT2D eigenvalue weighted by Crippen LogP contribution is 2.16. The summed E-state index contributed by atoms with van der Waals surface area (Å²) in [4.78, 5) is 8.42. The van der Waals surface area contributed by atoms with Crippen LogP contribution in [0, 0.1) is 11.3 Å². The molecular formula is C12H10N6. The number of hydrogen-bond donors (Lipinski definition) is 0. The highest BCUT2D eigenvalue weighted by atomic mass is 15.3. The summed E-state index contributed by atoms with van der Waals surface area (Å²) in [5, 5.41) is 12.9. The van der Waals surface area contributed by atoms with Crippen LogP contribution in [0.2, 0.25) is 0 Å². The SMILES string of the molecule is Cn1c(Cn2cncn2)nc2cc(C#N)ccc21. The molecule has 2 aromatic heterocycles. The molecule has 0 amide bonds. The maximum absolute atomic E-state index is 8.87. The topological polar surface area (TPSA) is 72.3 Å². The maximum Gasteiger partial charge on any atom is 0.137 e. The van der Waals surface area contributed by atoms with E-state index in [0.717, 1.165) is 16.9 Å². The summed E-state index contributed by atoms with van der Waals surface area (Å²) < 4.78 is 3.71. The number of aryl methyl sites for hydroxylation is 1. The van der Waals surface area contributed by atoms with Gasteiger partial charge in [0, 0.05) is 7.05 Å². The van der Waals surface area contributed by atoms with Crippen molar-refractivity contribution in [3.8, 4) is 6.07 Å². The molecule has 6 nitrogen and oxygen atoms in total. The summed E-state index contributed by atoms with van der Waals surface area (Å²) in [6.45, 7) is 0.563. The van der Waals surface area contributed by atoms with Crippen molar-refractivity contribution in [3.63, 3.8) is 0 Å². The molecule has 2 heterocycles. The average molecular weight is 238 g/mol. The second-order valence-electron chi connectivity index (χ2n) is 4.00. The van der Waals surface area contributed by atoms with Gasteiger partial charge in [-0.1, -0.05) is 0 Å². The molecule has 1 aromatic carbocycles. The highest BCUT2D eigenvalue weighted by molar-refractivity contribution is 5.77. The molecule has 6 heteroatoms. The summed E-state index contributed by atoms with van der Waals surface area (Å²) in [6.07, 6.45) is 3.15. The van der Waals surface area contributed by atoms with Crippen molar-refractivity contribution in [1.29, 1.82) is 5.26 Å². The molecule has 0 unspecified atom stereocenters. The second kappa shape index (κ2) is 3.96.